The lowest BCUT2D eigenvalue weighted by molar-refractivity contribution is -0.120. The highest BCUT2D eigenvalue weighted by molar-refractivity contribution is 9.10. The van der Waals surface area contributed by atoms with Crippen molar-refractivity contribution in [2.45, 2.75) is 12.6 Å². The fourth-order valence-corrected chi connectivity index (χ4v) is 2.52. The fraction of sp³-hybridized carbons (Fsp3) is 0.167. The number of thiazole rings is 1. The van der Waals surface area contributed by atoms with Crippen molar-refractivity contribution in [2.75, 3.05) is 0 Å². The molecule has 19 heavy (non-hydrogen) atoms. The van der Waals surface area contributed by atoms with E-state index in [9.17, 15) is 9.18 Å². The minimum absolute atomic E-state index is 0.228. The van der Waals surface area contributed by atoms with Crippen molar-refractivity contribution >= 4 is 33.2 Å². The first kappa shape index (κ1) is 14.1. The molecular weight excluding hydrogens is 333 g/mol. The number of aromatic nitrogens is 1. The topological polar surface area (TPSA) is 68.0 Å². The van der Waals surface area contributed by atoms with Gasteiger partial charge in [-0.25, -0.2) is 9.37 Å². The monoisotopic (exact) mass is 343 g/mol. The van der Waals surface area contributed by atoms with E-state index in [2.05, 4.69) is 26.2 Å². The number of benzene rings is 1. The second-order valence-electron chi connectivity index (χ2n) is 3.86. The van der Waals surface area contributed by atoms with E-state index in [-0.39, 0.29) is 5.56 Å². The first-order valence-corrected chi connectivity index (χ1v) is 7.16. The minimum Gasteiger partial charge on any atom is -0.368 e. The Balaban J connectivity index is 2.17. The van der Waals surface area contributed by atoms with Gasteiger partial charge in [0.05, 0.1) is 11.2 Å². The lowest BCUT2D eigenvalue weighted by Gasteiger charge is -2.16. The first-order valence-electron chi connectivity index (χ1n) is 5.42. The number of amides is 1. The molecule has 1 amide bonds. The van der Waals surface area contributed by atoms with Crippen molar-refractivity contribution in [3.8, 4) is 0 Å². The second-order valence-corrected chi connectivity index (χ2v) is 5.50. The lowest BCUT2D eigenvalue weighted by atomic mass is 10.1. The van der Waals surface area contributed by atoms with Crippen molar-refractivity contribution in [1.82, 2.24) is 10.3 Å². The minimum atomic E-state index is -0.880. The SMILES string of the molecule is NC(=O)[C@H](NCc1cscn1)c1ccc(Br)cc1F. The summed E-state index contributed by atoms with van der Waals surface area (Å²) >= 11 is 4.62. The molecular formula is C12H11BrFN3OS. The van der Waals surface area contributed by atoms with Crippen LogP contribution in [0.2, 0.25) is 0 Å². The van der Waals surface area contributed by atoms with E-state index in [4.69, 9.17) is 5.73 Å². The molecule has 2 rings (SSSR count). The van der Waals surface area contributed by atoms with E-state index in [1.54, 1.807) is 11.6 Å². The van der Waals surface area contributed by atoms with Gasteiger partial charge in [0, 0.05) is 22.0 Å². The summed E-state index contributed by atoms with van der Waals surface area (Å²) in [6.45, 7) is 0.354. The molecule has 0 unspecified atom stereocenters. The molecule has 0 fully saturated rings. The highest BCUT2D eigenvalue weighted by Gasteiger charge is 2.21. The molecule has 0 aliphatic heterocycles. The maximum absolute atomic E-state index is 13.8. The van der Waals surface area contributed by atoms with Gasteiger partial charge in [-0.1, -0.05) is 22.0 Å². The molecule has 1 heterocycles. The van der Waals surface area contributed by atoms with Gasteiger partial charge in [-0.2, -0.15) is 0 Å². The number of rotatable bonds is 5. The van der Waals surface area contributed by atoms with Gasteiger partial charge in [0.15, 0.2) is 0 Å². The number of hydrogen-bond donors (Lipinski definition) is 2. The van der Waals surface area contributed by atoms with Crippen LogP contribution in [0, 0.1) is 5.82 Å². The Morgan fingerprint density at radius 1 is 1.58 bits per heavy atom. The summed E-state index contributed by atoms with van der Waals surface area (Å²) in [6.07, 6.45) is 0. The average Bonchev–Trinajstić information content (AvgIpc) is 2.84. The van der Waals surface area contributed by atoms with E-state index in [1.807, 2.05) is 5.38 Å². The van der Waals surface area contributed by atoms with Crippen LogP contribution in [-0.2, 0) is 11.3 Å². The van der Waals surface area contributed by atoms with E-state index < -0.39 is 17.8 Å². The molecule has 4 nitrogen and oxygen atoms in total. The molecule has 0 saturated carbocycles. The predicted molar refractivity (Wildman–Crippen MR) is 75.0 cm³/mol. The number of carbonyl (C=O) groups excluding carboxylic acids is 1. The van der Waals surface area contributed by atoms with Gasteiger partial charge in [0.1, 0.15) is 11.9 Å². The van der Waals surface area contributed by atoms with Crippen LogP contribution in [0.4, 0.5) is 4.39 Å². The van der Waals surface area contributed by atoms with Gasteiger partial charge in [0.25, 0.3) is 0 Å². The van der Waals surface area contributed by atoms with E-state index in [0.29, 0.717) is 11.0 Å². The van der Waals surface area contributed by atoms with Crippen LogP contribution < -0.4 is 11.1 Å². The van der Waals surface area contributed by atoms with Crippen LogP contribution >= 0.6 is 27.3 Å². The van der Waals surface area contributed by atoms with Crippen LogP contribution in [0.1, 0.15) is 17.3 Å². The molecule has 1 atom stereocenters. The largest absolute Gasteiger partial charge is 0.368 e. The highest BCUT2D eigenvalue weighted by atomic mass is 79.9. The summed E-state index contributed by atoms with van der Waals surface area (Å²) in [5, 5.41) is 4.76. The Morgan fingerprint density at radius 2 is 2.37 bits per heavy atom. The van der Waals surface area contributed by atoms with Crippen molar-refractivity contribution in [3.05, 3.63) is 50.6 Å². The van der Waals surface area contributed by atoms with Gasteiger partial charge < -0.3 is 5.73 Å². The molecule has 7 heteroatoms. The van der Waals surface area contributed by atoms with Crippen molar-refractivity contribution < 1.29 is 9.18 Å². The third kappa shape index (κ3) is 3.59. The predicted octanol–water partition coefficient (Wildman–Crippen LogP) is 2.36. The van der Waals surface area contributed by atoms with Crippen LogP contribution in [0.25, 0.3) is 0 Å². The summed E-state index contributed by atoms with van der Waals surface area (Å²) in [6, 6.07) is 3.62. The molecule has 0 aliphatic rings. The van der Waals surface area contributed by atoms with Gasteiger partial charge in [0.2, 0.25) is 5.91 Å². The number of nitrogens with one attached hydrogen (secondary N) is 1. The molecule has 1 aromatic carbocycles. The molecule has 0 saturated heterocycles. The Morgan fingerprint density at radius 3 is 2.95 bits per heavy atom. The summed E-state index contributed by atoms with van der Waals surface area (Å²) in [7, 11) is 0. The van der Waals surface area contributed by atoms with Crippen molar-refractivity contribution in [2.24, 2.45) is 5.73 Å². The van der Waals surface area contributed by atoms with Gasteiger partial charge in [-0.3, -0.25) is 10.1 Å². The number of halogens is 2. The van der Waals surface area contributed by atoms with Gasteiger partial charge >= 0.3 is 0 Å². The van der Waals surface area contributed by atoms with Crippen LogP contribution in [0.5, 0.6) is 0 Å². The molecule has 2 aromatic rings. The zero-order chi connectivity index (χ0) is 13.8. The Kier molecular flexibility index (Phi) is 4.62. The number of carbonyl (C=O) groups is 1. The summed E-state index contributed by atoms with van der Waals surface area (Å²) in [5.41, 5.74) is 8.02. The van der Waals surface area contributed by atoms with Crippen molar-refractivity contribution in [1.29, 1.82) is 0 Å². The van der Waals surface area contributed by atoms with Gasteiger partial charge in [-0.15, -0.1) is 11.3 Å². The summed E-state index contributed by atoms with van der Waals surface area (Å²) in [5.74, 6) is -1.11. The van der Waals surface area contributed by atoms with Crippen molar-refractivity contribution in [3.63, 3.8) is 0 Å². The zero-order valence-corrected chi connectivity index (χ0v) is 12.2. The summed E-state index contributed by atoms with van der Waals surface area (Å²) in [4.78, 5) is 15.5. The molecule has 3 N–H and O–H groups in total. The zero-order valence-electron chi connectivity index (χ0n) is 9.77. The van der Waals surface area contributed by atoms with Crippen LogP contribution in [0.15, 0.2) is 33.6 Å². The third-order valence-electron chi connectivity index (χ3n) is 2.53. The Labute approximate surface area is 122 Å². The fourth-order valence-electron chi connectivity index (χ4n) is 1.63. The number of nitrogens with two attached hydrogens (primary N) is 1. The summed E-state index contributed by atoms with van der Waals surface area (Å²) < 4.78 is 14.4. The maximum Gasteiger partial charge on any atom is 0.239 e. The third-order valence-corrected chi connectivity index (χ3v) is 3.66. The average molecular weight is 344 g/mol. The smallest absolute Gasteiger partial charge is 0.239 e. The van der Waals surface area contributed by atoms with Crippen LogP contribution in [-0.4, -0.2) is 10.9 Å². The molecule has 0 radical (unpaired) electrons. The Hall–Kier alpha value is -1.31. The Bertz CT molecular complexity index is 576. The van der Waals surface area contributed by atoms with Gasteiger partial charge in [-0.05, 0) is 12.1 Å². The second kappa shape index (κ2) is 6.23. The maximum atomic E-state index is 13.8. The van der Waals surface area contributed by atoms with E-state index in [0.717, 1.165) is 5.69 Å². The molecule has 0 aliphatic carbocycles. The molecule has 0 spiro atoms. The number of hydrogen-bond acceptors (Lipinski definition) is 4. The normalized spacial score (nSPS) is 12.3. The standard InChI is InChI=1S/C12H11BrFN3OS/c13-7-1-2-9(10(14)3-7)11(12(15)18)16-4-8-5-19-6-17-8/h1-3,5-6,11,16H,4H2,(H2,15,18)/t11-/m1/s1. The lowest BCUT2D eigenvalue weighted by Crippen LogP contribution is -2.34. The highest BCUT2D eigenvalue weighted by Crippen LogP contribution is 2.21. The molecule has 100 valence electrons. The van der Waals surface area contributed by atoms with E-state index in [1.165, 1.54) is 23.5 Å². The molecule has 1 aromatic heterocycles. The molecule has 0 bridgehead atoms. The number of primary amides is 1. The number of nitrogens with zero attached hydrogens (tertiary/aromatic N) is 1. The van der Waals surface area contributed by atoms with E-state index >= 15 is 0 Å². The quantitative estimate of drug-likeness (QED) is 0.875. The first-order chi connectivity index (χ1) is 9.08. The van der Waals surface area contributed by atoms with Crippen LogP contribution in [0.3, 0.4) is 0 Å².